The molecule has 2 heterocycles. The average Bonchev–Trinajstić information content (AvgIpc) is 2.93. The lowest BCUT2D eigenvalue weighted by atomic mass is 10.1. The predicted molar refractivity (Wildman–Crippen MR) is 72.4 cm³/mol. The van der Waals surface area contributed by atoms with Crippen molar-refractivity contribution in [3.05, 3.63) is 64.6 Å². The molecule has 0 unspecified atom stereocenters. The Morgan fingerprint density at radius 1 is 1.25 bits per heavy atom. The van der Waals surface area contributed by atoms with Gasteiger partial charge in [0.1, 0.15) is 23.6 Å². The molecule has 96 valence electrons. The van der Waals surface area contributed by atoms with Crippen molar-refractivity contribution in [2.45, 2.75) is 0 Å². The Balaban J connectivity index is 2.46. The molecule has 1 aromatic carbocycles. The number of benzene rings is 1. The summed E-state index contributed by atoms with van der Waals surface area (Å²) in [6.07, 6.45) is 2.85. The molecule has 6 heteroatoms. The topological polar surface area (TPSA) is 84.8 Å². The van der Waals surface area contributed by atoms with Gasteiger partial charge in [-0.25, -0.2) is 4.98 Å². The van der Waals surface area contributed by atoms with Crippen LogP contribution in [-0.2, 0) is 0 Å². The van der Waals surface area contributed by atoms with Crippen LogP contribution in [0.2, 0.25) is 0 Å². The molecule has 0 radical (unpaired) electrons. The molecule has 0 saturated carbocycles. The highest BCUT2D eigenvalue weighted by Gasteiger charge is 2.20. The van der Waals surface area contributed by atoms with Crippen molar-refractivity contribution >= 4 is 16.6 Å². The summed E-state index contributed by atoms with van der Waals surface area (Å²) in [5.74, 6) is 0. The summed E-state index contributed by atoms with van der Waals surface area (Å²) in [6.45, 7) is 0. The molecule has 0 aliphatic carbocycles. The fourth-order valence-corrected chi connectivity index (χ4v) is 2.17. The summed E-state index contributed by atoms with van der Waals surface area (Å²) in [6, 6.07) is 12.4. The number of para-hydroxylation sites is 1. The van der Waals surface area contributed by atoms with Gasteiger partial charge in [-0.15, -0.1) is 0 Å². The first-order chi connectivity index (χ1) is 9.72. The monoisotopic (exact) mass is 264 g/mol. The summed E-state index contributed by atoms with van der Waals surface area (Å²) in [4.78, 5) is 14.8. The van der Waals surface area contributed by atoms with Gasteiger partial charge in [-0.1, -0.05) is 18.2 Å². The highest BCUT2D eigenvalue weighted by Crippen LogP contribution is 2.30. The molecule has 0 bridgehead atoms. The van der Waals surface area contributed by atoms with E-state index in [2.05, 4.69) is 4.98 Å². The molecule has 0 amide bonds. The van der Waals surface area contributed by atoms with Crippen LogP contribution in [0.1, 0.15) is 5.69 Å². The number of hydrogen-bond donors (Lipinski definition) is 0. The van der Waals surface area contributed by atoms with E-state index in [-0.39, 0.29) is 5.69 Å². The van der Waals surface area contributed by atoms with Crippen LogP contribution in [0.5, 0.6) is 0 Å². The number of pyridine rings is 1. The second kappa shape index (κ2) is 4.48. The number of aromatic nitrogens is 2. The lowest BCUT2D eigenvalue weighted by Crippen LogP contribution is -2.03. The van der Waals surface area contributed by atoms with E-state index in [1.165, 1.54) is 10.8 Å². The van der Waals surface area contributed by atoms with Crippen LogP contribution in [0.3, 0.4) is 0 Å². The highest BCUT2D eigenvalue weighted by molar-refractivity contribution is 5.91. The average molecular weight is 264 g/mol. The van der Waals surface area contributed by atoms with Gasteiger partial charge in [-0.05, 0) is 18.2 Å². The summed E-state index contributed by atoms with van der Waals surface area (Å²) in [5, 5.41) is 21.0. The molecule has 0 aliphatic rings. The molecule has 0 fully saturated rings. The first kappa shape index (κ1) is 11.9. The predicted octanol–water partition coefficient (Wildman–Crippen LogP) is 2.81. The van der Waals surface area contributed by atoms with Crippen molar-refractivity contribution in [3.63, 3.8) is 0 Å². The van der Waals surface area contributed by atoms with E-state index in [0.717, 1.165) is 0 Å². The van der Waals surface area contributed by atoms with Crippen molar-refractivity contribution in [1.82, 2.24) is 9.55 Å². The largest absolute Gasteiger partial charge is 0.312 e. The van der Waals surface area contributed by atoms with Gasteiger partial charge in [0.05, 0.1) is 10.4 Å². The summed E-state index contributed by atoms with van der Waals surface area (Å²) in [7, 11) is 0. The van der Waals surface area contributed by atoms with Crippen molar-refractivity contribution in [3.8, 4) is 11.8 Å². The zero-order chi connectivity index (χ0) is 14.1. The van der Waals surface area contributed by atoms with Crippen molar-refractivity contribution < 1.29 is 4.92 Å². The van der Waals surface area contributed by atoms with Gasteiger partial charge in [0.25, 0.3) is 0 Å². The van der Waals surface area contributed by atoms with E-state index in [0.29, 0.717) is 22.3 Å². The Kier molecular flexibility index (Phi) is 2.66. The zero-order valence-corrected chi connectivity index (χ0v) is 10.2. The minimum atomic E-state index is -0.490. The molecule has 3 rings (SSSR count). The van der Waals surface area contributed by atoms with Gasteiger partial charge >= 0.3 is 5.69 Å². The first-order valence-electron chi connectivity index (χ1n) is 5.82. The second-order valence-electron chi connectivity index (χ2n) is 4.14. The maximum atomic E-state index is 11.2. The smallest absolute Gasteiger partial charge is 0.302 e. The van der Waals surface area contributed by atoms with Gasteiger partial charge in [-0.2, -0.15) is 5.26 Å². The number of fused-ring (bicyclic) bond motifs is 1. The first-order valence-corrected chi connectivity index (χ1v) is 5.82. The Morgan fingerprint density at radius 2 is 2.05 bits per heavy atom. The van der Waals surface area contributed by atoms with E-state index in [1.807, 2.05) is 12.1 Å². The Morgan fingerprint density at radius 3 is 2.80 bits per heavy atom. The molecule has 0 aliphatic heterocycles. The van der Waals surface area contributed by atoms with E-state index in [1.54, 1.807) is 36.5 Å². The molecule has 0 saturated heterocycles. The highest BCUT2D eigenvalue weighted by atomic mass is 16.6. The van der Waals surface area contributed by atoms with Gasteiger partial charge in [0, 0.05) is 11.6 Å². The minimum absolute atomic E-state index is 0.128. The van der Waals surface area contributed by atoms with Crippen LogP contribution in [0, 0.1) is 21.4 Å². The molecule has 3 aromatic rings. The van der Waals surface area contributed by atoms with Crippen molar-refractivity contribution in [2.75, 3.05) is 0 Å². The lowest BCUT2D eigenvalue weighted by Gasteiger charge is -2.09. The van der Waals surface area contributed by atoms with Crippen LogP contribution in [0.25, 0.3) is 16.6 Å². The zero-order valence-electron chi connectivity index (χ0n) is 10.2. The maximum Gasteiger partial charge on any atom is 0.312 e. The third kappa shape index (κ3) is 1.69. The van der Waals surface area contributed by atoms with Crippen LogP contribution >= 0.6 is 0 Å². The second-order valence-corrected chi connectivity index (χ2v) is 4.14. The Labute approximate surface area is 113 Å². The standard InChI is InChI=1S/C14H8N4O2/c15-8-10-4-3-7-17(10)14-11-5-1-2-6-12(11)16-9-13(14)18(19)20/h1-7,9H. The van der Waals surface area contributed by atoms with Crippen molar-refractivity contribution in [1.29, 1.82) is 5.26 Å². The quantitative estimate of drug-likeness (QED) is 0.526. The van der Waals surface area contributed by atoms with E-state index in [4.69, 9.17) is 5.26 Å². The van der Waals surface area contributed by atoms with E-state index < -0.39 is 4.92 Å². The molecule has 6 nitrogen and oxygen atoms in total. The van der Waals surface area contributed by atoms with Gasteiger partial charge in [0.2, 0.25) is 0 Å². The van der Waals surface area contributed by atoms with Crippen LogP contribution in [0.15, 0.2) is 48.8 Å². The molecular weight excluding hydrogens is 256 g/mol. The lowest BCUT2D eigenvalue weighted by molar-refractivity contribution is -0.384. The number of nitrogens with zero attached hydrogens (tertiary/aromatic N) is 4. The summed E-state index contributed by atoms with van der Waals surface area (Å²) in [5.41, 5.74) is 1.22. The van der Waals surface area contributed by atoms with E-state index >= 15 is 0 Å². The van der Waals surface area contributed by atoms with Crippen LogP contribution in [0.4, 0.5) is 5.69 Å². The van der Waals surface area contributed by atoms with Crippen LogP contribution < -0.4 is 0 Å². The molecule has 0 atom stereocenters. The molecule has 2 aromatic heterocycles. The molecule has 20 heavy (non-hydrogen) atoms. The van der Waals surface area contributed by atoms with Crippen LogP contribution in [-0.4, -0.2) is 14.5 Å². The van der Waals surface area contributed by atoms with Crippen molar-refractivity contribution in [2.24, 2.45) is 0 Å². The molecule has 0 spiro atoms. The van der Waals surface area contributed by atoms with Gasteiger partial charge < -0.3 is 4.57 Å². The SMILES string of the molecule is N#Cc1cccn1-c1c([N+](=O)[O-])cnc2ccccc12. The van der Waals surface area contributed by atoms with Gasteiger partial charge in [-0.3, -0.25) is 10.1 Å². The molecule has 0 N–H and O–H groups in total. The summed E-state index contributed by atoms with van der Waals surface area (Å²) >= 11 is 0. The van der Waals surface area contributed by atoms with E-state index in [9.17, 15) is 10.1 Å². The fourth-order valence-electron chi connectivity index (χ4n) is 2.17. The fraction of sp³-hybridized carbons (Fsp3) is 0. The minimum Gasteiger partial charge on any atom is -0.302 e. The molecular formula is C14H8N4O2. The summed E-state index contributed by atoms with van der Waals surface area (Å²) < 4.78 is 1.52. The Bertz CT molecular complexity index is 861. The third-order valence-corrected chi connectivity index (χ3v) is 3.03. The number of nitriles is 1. The number of rotatable bonds is 2. The Hall–Kier alpha value is -3.20. The number of hydrogen-bond acceptors (Lipinski definition) is 4. The van der Waals surface area contributed by atoms with Gasteiger partial charge in [0.15, 0.2) is 0 Å². The normalized spacial score (nSPS) is 10.3. The number of nitro groups is 1. The third-order valence-electron chi connectivity index (χ3n) is 3.03. The maximum absolute atomic E-state index is 11.2.